The molecular weight excluding hydrogens is 382 g/mol. The Bertz CT molecular complexity index is 928. The second-order valence-corrected chi connectivity index (χ2v) is 8.89. The number of ether oxygens (including phenoxy) is 1. The van der Waals surface area contributed by atoms with Gasteiger partial charge in [-0.15, -0.1) is 17.9 Å². The number of nitrogens with zero attached hydrogens (tertiary/aromatic N) is 2. The largest absolute Gasteiger partial charge is 0.376 e. The van der Waals surface area contributed by atoms with Crippen molar-refractivity contribution in [1.82, 2.24) is 14.9 Å². The van der Waals surface area contributed by atoms with Gasteiger partial charge in [0.05, 0.1) is 23.8 Å². The highest BCUT2D eigenvalue weighted by molar-refractivity contribution is 7.99. The summed E-state index contributed by atoms with van der Waals surface area (Å²) in [7, 11) is 0. The highest BCUT2D eigenvalue weighted by Gasteiger charge is 2.25. The van der Waals surface area contributed by atoms with Crippen molar-refractivity contribution in [2.24, 2.45) is 0 Å². The van der Waals surface area contributed by atoms with E-state index in [4.69, 9.17) is 9.72 Å². The molecule has 0 radical (unpaired) electrons. The standard InChI is InChI=1S/C19H23N3O3S2/c1-2-8-20-15(23)11-26-19-21-17-16(13-6-3-7-14(13)27-17)18(24)22(19)10-12-5-4-9-25-12/h2,12H,1,3-11H2,(H,20,23)/t12-/m1/s1. The summed E-state index contributed by atoms with van der Waals surface area (Å²) < 4.78 is 7.48. The Balaban J connectivity index is 1.68. The van der Waals surface area contributed by atoms with E-state index < -0.39 is 0 Å². The molecule has 6 nitrogen and oxygen atoms in total. The lowest BCUT2D eigenvalue weighted by molar-refractivity contribution is -0.118. The number of carbonyl (C=O) groups excluding carboxylic acids is 1. The molecule has 3 heterocycles. The van der Waals surface area contributed by atoms with E-state index in [0.29, 0.717) is 18.2 Å². The van der Waals surface area contributed by atoms with E-state index in [9.17, 15) is 9.59 Å². The van der Waals surface area contributed by atoms with Crippen LogP contribution in [-0.2, 0) is 28.9 Å². The zero-order valence-corrected chi connectivity index (χ0v) is 16.8. The fourth-order valence-corrected chi connectivity index (χ4v) is 5.83. The molecule has 1 amide bonds. The molecule has 8 heteroatoms. The average molecular weight is 406 g/mol. The van der Waals surface area contributed by atoms with Gasteiger partial charge in [0.15, 0.2) is 5.16 Å². The van der Waals surface area contributed by atoms with Crippen molar-refractivity contribution in [3.8, 4) is 0 Å². The van der Waals surface area contributed by atoms with Crippen molar-refractivity contribution in [1.29, 1.82) is 0 Å². The minimum absolute atomic E-state index is 0.0175. The summed E-state index contributed by atoms with van der Waals surface area (Å²) >= 11 is 2.95. The molecule has 1 saturated heterocycles. The third kappa shape index (κ3) is 3.83. The van der Waals surface area contributed by atoms with Crippen LogP contribution in [0.15, 0.2) is 22.6 Å². The molecular formula is C19H23N3O3S2. The molecule has 2 aliphatic rings. The Kier molecular flexibility index (Phi) is 5.66. The minimum Gasteiger partial charge on any atom is -0.376 e. The molecule has 2 aromatic heterocycles. The first-order valence-electron chi connectivity index (χ1n) is 9.34. The van der Waals surface area contributed by atoms with E-state index >= 15 is 0 Å². The van der Waals surface area contributed by atoms with Crippen LogP contribution in [0.2, 0.25) is 0 Å². The number of hydrogen-bond acceptors (Lipinski definition) is 6. The average Bonchev–Trinajstić information content (AvgIpc) is 3.37. The molecule has 0 bridgehead atoms. The molecule has 2 aromatic rings. The molecule has 1 N–H and O–H groups in total. The van der Waals surface area contributed by atoms with Crippen LogP contribution >= 0.6 is 23.1 Å². The molecule has 0 aromatic carbocycles. The molecule has 1 aliphatic carbocycles. The molecule has 0 unspecified atom stereocenters. The Morgan fingerprint density at radius 2 is 2.33 bits per heavy atom. The summed E-state index contributed by atoms with van der Waals surface area (Å²) in [6.07, 6.45) is 6.78. The summed E-state index contributed by atoms with van der Waals surface area (Å²) in [5, 5.41) is 4.15. The summed E-state index contributed by atoms with van der Waals surface area (Å²) in [5.74, 6) is 0.133. The maximum absolute atomic E-state index is 13.3. The number of rotatable bonds is 7. The summed E-state index contributed by atoms with van der Waals surface area (Å²) in [6.45, 7) is 5.29. The quantitative estimate of drug-likeness (QED) is 0.435. The van der Waals surface area contributed by atoms with Crippen molar-refractivity contribution in [3.63, 3.8) is 0 Å². The van der Waals surface area contributed by atoms with Gasteiger partial charge >= 0.3 is 0 Å². The van der Waals surface area contributed by atoms with Crippen molar-refractivity contribution < 1.29 is 9.53 Å². The number of thioether (sulfide) groups is 1. The van der Waals surface area contributed by atoms with Gasteiger partial charge in [0.25, 0.3) is 5.56 Å². The number of carbonyl (C=O) groups is 1. The van der Waals surface area contributed by atoms with Crippen LogP contribution < -0.4 is 10.9 Å². The Labute approximate surface area is 166 Å². The van der Waals surface area contributed by atoms with Gasteiger partial charge in [-0.2, -0.15) is 0 Å². The maximum atomic E-state index is 13.3. The highest BCUT2D eigenvalue weighted by atomic mass is 32.2. The molecule has 0 spiro atoms. The molecule has 1 atom stereocenters. The Hall–Kier alpha value is -1.64. The van der Waals surface area contributed by atoms with Crippen LogP contribution in [0, 0.1) is 0 Å². The van der Waals surface area contributed by atoms with Gasteiger partial charge in [-0.25, -0.2) is 4.98 Å². The maximum Gasteiger partial charge on any atom is 0.263 e. The molecule has 1 aliphatic heterocycles. The number of fused-ring (bicyclic) bond motifs is 3. The first kappa shape index (κ1) is 18.7. The minimum atomic E-state index is -0.0911. The van der Waals surface area contributed by atoms with Crippen molar-refractivity contribution in [2.45, 2.75) is 49.9 Å². The summed E-state index contributed by atoms with van der Waals surface area (Å²) in [4.78, 5) is 32.2. The number of nitrogens with one attached hydrogen (secondary N) is 1. The van der Waals surface area contributed by atoms with Gasteiger partial charge < -0.3 is 10.1 Å². The van der Waals surface area contributed by atoms with Gasteiger partial charge in [-0.3, -0.25) is 14.2 Å². The molecule has 1 fully saturated rings. The fourth-order valence-electron chi connectivity index (χ4n) is 3.69. The van der Waals surface area contributed by atoms with Crippen molar-refractivity contribution >= 4 is 39.2 Å². The predicted octanol–water partition coefficient (Wildman–Crippen LogP) is 2.52. The number of hydrogen-bond donors (Lipinski definition) is 1. The Morgan fingerprint density at radius 1 is 1.44 bits per heavy atom. The van der Waals surface area contributed by atoms with Gasteiger partial charge in [-0.1, -0.05) is 17.8 Å². The van der Waals surface area contributed by atoms with Gasteiger partial charge in [0.2, 0.25) is 5.91 Å². The normalized spacial score (nSPS) is 18.7. The van der Waals surface area contributed by atoms with Gasteiger partial charge in [-0.05, 0) is 37.7 Å². The summed E-state index contributed by atoms with van der Waals surface area (Å²) in [6, 6.07) is 0. The van der Waals surface area contributed by atoms with E-state index in [2.05, 4.69) is 11.9 Å². The van der Waals surface area contributed by atoms with Crippen LogP contribution in [-0.4, -0.2) is 40.5 Å². The lowest BCUT2D eigenvalue weighted by Gasteiger charge is -2.16. The first-order valence-corrected chi connectivity index (χ1v) is 11.1. The monoisotopic (exact) mass is 405 g/mol. The molecule has 0 saturated carbocycles. The van der Waals surface area contributed by atoms with Crippen LogP contribution in [0.4, 0.5) is 0 Å². The van der Waals surface area contributed by atoms with Crippen LogP contribution in [0.25, 0.3) is 10.2 Å². The zero-order chi connectivity index (χ0) is 18.8. The van der Waals surface area contributed by atoms with Gasteiger partial charge in [0, 0.05) is 18.0 Å². The first-order chi connectivity index (χ1) is 13.2. The van der Waals surface area contributed by atoms with E-state index in [0.717, 1.165) is 48.9 Å². The lowest BCUT2D eigenvalue weighted by Crippen LogP contribution is -2.30. The van der Waals surface area contributed by atoms with E-state index in [1.807, 2.05) is 0 Å². The number of aromatic nitrogens is 2. The van der Waals surface area contributed by atoms with Crippen molar-refractivity contribution in [3.05, 3.63) is 33.4 Å². The molecule has 4 rings (SSSR count). The third-order valence-corrected chi connectivity index (χ3v) is 7.14. The van der Waals surface area contributed by atoms with E-state index in [1.165, 1.54) is 22.2 Å². The lowest BCUT2D eigenvalue weighted by atomic mass is 10.2. The Morgan fingerprint density at radius 3 is 3.11 bits per heavy atom. The van der Waals surface area contributed by atoms with Crippen molar-refractivity contribution in [2.75, 3.05) is 18.9 Å². The number of thiophene rings is 1. The zero-order valence-electron chi connectivity index (χ0n) is 15.2. The topological polar surface area (TPSA) is 73.2 Å². The van der Waals surface area contributed by atoms with Crippen LogP contribution in [0.1, 0.15) is 29.7 Å². The second-order valence-electron chi connectivity index (χ2n) is 6.86. The second kappa shape index (κ2) is 8.16. The third-order valence-electron chi connectivity index (χ3n) is 4.98. The fraction of sp³-hybridized carbons (Fsp3) is 0.526. The number of aryl methyl sites for hydroxylation is 2. The predicted molar refractivity (Wildman–Crippen MR) is 109 cm³/mol. The summed E-state index contributed by atoms with van der Waals surface area (Å²) in [5.41, 5.74) is 1.21. The number of amides is 1. The highest BCUT2D eigenvalue weighted by Crippen LogP contribution is 2.35. The van der Waals surface area contributed by atoms with Crippen LogP contribution in [0.5, 0.6) is 0 Å². The van der Waals surface area contributed by atoms with E-state index in [1.54, 1.807) is 22.0 Å². The molecule has 144 valence electrons. The van der Waals surface area contributed by atoms with Gasteiger partial charge in [0.1, 0.15) is 4.83 Å². The smallest absolute Gasteiger partial charge is 0.263 e. The molecule has 27 heavy (non-hydrogen) atoms. The SMILES string of the molecule is C=CCNC(=O)CSc1nc2sc3c(c2c(=O)n1C[C@H]1CCCO1)CCC3. The van der Waals surface area contributed by atoms with Crippen LogP contribution in [0.3, 0.4) is 0 Å². The van der Waals surface area contributed by atoms with E-state index in [-0.39, 0.29) is 23.3 Å².